The number of benzene rings is 3. The lowest BCUT2D eigenvalue weighted by atomic mass is 9.95. The molecule has 1 fully saturated rings. The number of ketones is 1. The van der Waals surface area contributed by atoms with Crippen molar-refractivity contribution in [1.82, 2.24) is 4.90 Å². The van der Waals surface area contributed by atoms with E-state index in [-0.39, 0.29) is 11.3 Å². The number of hydrogen-bond donors (Lipinski definition) is 1. The smallest absolute Gasteiger partial charge is 0.295 e. The van der Waals surface area contributed by atoms with Gasteiger partial charge in [-0.1, -0.05) is 54.6 Å². The Hall–Kier alpha value is -4.10. The topological polar surface area (TPSA) is 85.3 Å². The third kappa shape index (κ3) is 6.01. The number of aliphatic hydroxyl groups excluding tert-OH is 1. The second-order valence-corrected chi connectivity index (χ2v) is 8.64. The molecule has 0 aliphatic carbocycles. The molecule has 0 spiro atoms. The standard InChI is InChI=1S/C30H31NO6/c1-3-36-25-12-7-11-23(19-25)28(32)26-27(31(17-8-18-35-2)30(34)29(26)33)22-13-15-24(16-14-22)37-20-21-9-5-4-6-10-21/h4-7,9-16,19,27,32H,3,8,17-18,20H2,1-2H3. The lowest BCUT2D eigenvalue weighted by Gasteiger charge is -2.25. The van der Waals surface area contributed by atoms with Gasteiger partial charge < -0.3 is 24.2 Å². The quantitative estimate of drug-likeness (QED) is 0.170. The van der Waals surface area contributed by atoms with Gasteiger partial charge >= 0.3 is 0 Å². The van der Waals surface area contributed by atoms with Gasteiger partial charge in [0.15, 0.2) is 0 Å². The first kappa shape index (κ1) is 26.0. The molecule has 37 heavy (non-hydrogen) atoms. The van der Waals surface area contributed by atoms with Crippen molar-refractivity contribution < 1.29 is 28.9 Å². The maximum atomic E-state index is 13.2. The largest absolute Gasteiger partial charge is 0.507 e. The summed E-state index contributed by atoms with van der Waals surface area (Å²) in [6.45, 7) is 3.51. The van der Waals surface area contributed by atoms with Crippen LogP contribution in [0.2, 0.25) is 0 Å². The van der Waals surface area contributed by atoms with Crippen molar-refractivity contribution in [3.05, 3.63) is 101 Å². The Bertz CT molecular complexity index is 1250. The average Bonchev–Trinajstić information content (AvgIpc) is 3.18. The summed E-state index contributed by atoms with van der Waals surface area (Å²) in [6.07, 6.45) is 0.554. The highest BCUT2D eigenvalue weighted by Gasteiger charge is 2.45. The Balaban J connectivity index is 1.67. The highest BCUT2D eigenvalue weighted by atomic mass is 16.5. The van der Waals surface area contributed by atoms with Crippen molar-refractivity contribution in [3.8, 4) is 11.5 Å². The molecular weight excluding hydrogens is 470 g/mol. The van der Waals surface area contributed by atoms with Crippen molar-refractivity contribution in [3.63, 3.8) is 0 Å². The molecule has 1 atom stereocenters. The fourth-order valence-electron chi connectivity index (χ4n) is 4.38. The van der Waals surface area contributed by atoms with Crippen molar-refractivity contribution in [2.45, 2.75) is 26.0 Å². The van der Waals surface area contributed by atoms with Gasteiger partial charge in [-0.3, -0.25) is 9.59 Å². The summed E-state index contributed by atoms with van der Waals surface area (Å²) in [5.41, 5.74) is 2.21. The van der Waals surface area contributed by atoms with E-state index in [9.17, 15) is 14.7 Å². The summed E-state index contributed by atoms with van der Waals surface area (Å²) in [7, 11) is 1.59. The summed E-state index contributed by atoms with van der Waals surface area (Å²) in [6, 6.07) is 23.2. The van der Waals surface area contributed by atoms with Crippen LogP contribution in [-0.4, -0.2) is 48.6 Å². The molecule has 3 aromatic carbocycles. The van der Waals surface area contributed by atoms with Gasteiger partial charge in [0, 0.05) is 25.8 Å². The highest BCUT2D eigenvalue weighted by Crippen LogP contribution is 2.40. The molecule has 0 saturated carbocycles. The molecule has 1 aliphatic rings. The van der Waals surface area contributed by atoms with Crippen LogP contribution in [0.4, 0.5) is 0 Å². The lowest BCUT2D eigenvalue weighted by molar-refractivity contribution is -0.140. The highest BCUT2D eigenvalue weighted by molar-refractivity contribution is 6.46. The molecule has 3 aromatic rings. The molecule has 0 bridgehead atoms. The maximum absolute atomic E-state index is 13.2. The summed E-state index contributed by atoms with van der Waals surface area (Å²) >= 11 is 0. The molecular formula is C30H31NO6. The number of likely N-dealkylation sites (tertiary alicyclic amines) is 1. The molecule has 0 radical (unpaired) electrons. The molecule has 192 valence electrons. The van der Waals surface area contributed by atoms with Gasteiger partial charge in [-0.25, -0.2) is 0 Å². The van der Waals surface area contributed by atoms with Crippen LogP contribution in [0.15, 0.2) is 84.4 Å². The van der Waals surface area contributed by atoms with Gasteiger partial charge in [0.1, 0.15) is 23.9 Å². The molecule has 0 aromatic heterocycles. The van der Waals surface area contributed by atoms with E-state index in [0.29, 0.717) is 55.4 Å². The molecule has 4 rings (SSSR count). The normalized spacial score (nSPS) is 16.7. The number of aliphatic hydroxyl groups is 1. The maximum Gasteiger partial charge on any atom is 0.295 e. The van der Waals surface area contributed by atoms with Crippen LogP contribution in [0.1, 0.15) is 36.1 Å². The van der Waals surface area contributed by atoms with Crippen LogP contribution in [0.25, 0.3) is 5.76 Å². The number of rotatable bonds is 11. The number of hydrogen-bond acceptors (Lipinski definition) is 6. The Morgan fingerprint density at radius 3 is 2.38 bits per heavy atom. The van der Waals surface area contributed by atoms with Gasteiger partial charge in [0.2, 0.25) is 0 Å². The number of carbonyl (C=O) groups excluding carboxylic acids is 2. The van der Waals surface area contributed by atoms with Crippen LogP contribution in [-0.2, 0) is 20.9 Å². The van der Waals surface area contributed by atoms with E-state index < -0.39 is 17.7 Å². The average molecular weight is 502 g/mol. The molecule has 7 nitrogen and oxygen atoms in total. The first-order chi connectivity index (χ1) is 18.0. The zero-order valence-corrected chi connectivity index (χ0v) is 21.1. The molecule has 1 amide bonds. The molecule has 1 unspecified atom stereocenters. The predicted molar refractivity (Wildman–Crippen MR) is 140 cm³/mol. The third-order valence-corrected chi connectivity index (χ3v) is 6.15. The molecule has 1 aliphatic heterocycles. The minimum absolute atomic E-state index is 0.0500. The van der Waals surface area contributed by atoms with E-state index in [1.807, 2.05) is 61.5 Å². The van der Waals surface area contributed by atoms with E-state index in [2.05, 4.69) is 0 Å². The Morgan fingerprint density at radius 2 is 1.68 bits per heavy atom. The zero-order valence-electron chi connectivity index (χ0n) is 21.1. The summed E-state index contributed by atoms with van der Waals surface area (Å²) < 4.78 is 16.6. The second kappa shape index (κ2) is 12.2. The van der Waals surface area contributed by atoms with Gasteiger partial charge in [-0.2, -0.15) is 0 Å². The van der Waals surface area contributed by atoms with Crippen LogP contribution in [0.3, 0.4) is 0 Å². The molecule has 7 heteroatoms. The van der Waals surface area contributed by atoms with Gasteiger partial charge in [0.25, 0.3) is 11.7 Å². The minimum Gasteiger partial charge on any atom is -0.507 e. The first-order valence-electron chi connectivity index (χ1n) is 12.3. The Morgan fingerprint density at radius 1 is 0.919 bits per heavy atom. The fourth-order valence-corrected chi connectivity index (χ4v) is 4.38. The van der Waals surface area contributed by atoms with Crippen LogP contribution in [0.5, 0.6) is 11.5 Å². The number of carbonyl (C=O) groups is 2. The molecule has 1 heterocycles. The van der Waals surface area contributed by atoms with E-state index in [1.165, 1.54) is 4.90 Å². The number of Topliss-reactive ketones (excluding diaryl/α,β-unsaturated/α-hetero) is 1. The number of amides is 1. The summed E-state index contributed by atoms with van der Waals surface area (Å²) in [5.74, 6) is -0.367. The lowest BCUT2D eigenvalue weighted by Crippen LogP contribution is -2.31. The van der Waals surface area contributed by atoms with Gasteiger partial charge in [-0.15, -0.1) is 0 Å². The van der Waals surface area contributed by atoms with Crippen LogP contribution in [0, 0.1) is 0 Å². The van der Waals surface area contributed by atoms with E-state index in [1.54, 1.807) is 31.4 Å². The number of nitrogens with zero attached hydrogens (tertiary/aromatic N) is 1. The predicted octanol–water partition coefficient (Wildman–Crippen LogP) is 5.12. The van der Waals surface area contributed by atoms with Crippen molar-refractivity contribution in [2.75, 3.05) is 26.9 Å². The number of ether oxygens (including phenoxy) is 3. The van der Waals surface area contributed by atoms with Crippen LogP contribution < -0.4 is 9.47 Å². The fraction of sp³-hybridized carbons (Fsp3) is 0.267. The SMILES string of the molecule is CCOc1cccc(C(O)=C2C(=O)C(=O)N(CCCOC)C2c2ccc(OCc3ccccc3)cc2)c1. The molecule has 1 N–H and O–H groups in total. The van der Waals surface area contributed by atoms with E-state index in [4.69, 9.17) is 14.2 Å². The first-order valence-corrected chi connectivity index (χ1v) is 12.3. The third-order valence-electron chi connectivity index (χ3n) is 6.15. The van der Waals surface area contributed by atoms with Crippen molar-refractivity contribution in [2.24, 2.45) is 0 Å². The summed E-state index contributed by atoms with van der Waals surface area (Å²) in [4.78, 5) is 27.8. The Labute approximate surface area is 216 Å². The van der Waals surface area contributed by atoms with Crippen molar-refractivity contribution in [1.29, 1.82) is 0 Å². The molecule has 1 saturated heterocycles. The summed E-state index contributed by atoms with van der Waals surface area (Å²) in [5, 5.41) is 11.3. The Kier molecular flexibility index (Phi) is 8.59. The van der Waals surface area contributed by atoms with Crippen molar-refractivity contribution >= 4 is 17.4 Å². The number of methoxy groups -OCH3 is 1. The van der Waals surface area contributed by atoms with E-state index >= 15 is 0 Å². The van der Waals surface area contributed by atoms with Gasteiger partial charge in [0.05, 0.1) is 18.2 Å². The van der Waals surface area contributed by atoms with Crippen LogP contribution >= 0.6 is 0 Å². The second-order valence-electron chi connectivity index (χ2n) is 8.64. The monoisotopic (exact) mass is 501 g/mol. The zero-order chi connectivity index (χ0) is 26.2. The minimum atomic E-state index is -0.740. The van der Waals surface area contributed by atoms with E-state index in [0.717, 1.165) is 5.56 Å². The van der Waals surface area contributed by atoms with Gasteiger partial charge in [-0.05, 0) is 48.7 Å².